The summed E-state index contributed by atoms with van der Waals surface area (Å²) < 4.78 is 36.1. The van der Waals surface area contributed by atoms with Gasteiger partial charge in [-0.25, -0.2) is 19.2 Å². The lowest BCUT2D eigenvalue weighted by Gasteiger charge is -2.45. The van der Waals surface area contributed by atoms with Crippen LogP contribution in [0.3, 0.4) is 0 Å². The van der Waals surface area contributed by atoms with Crippen LogP contribution in [0, 0.1) is 0 Å². The van der Waals surface area contributed by atoms with Crippen molar-refractivity contribution in [3.05, 3.63) is 144 Å². The summed E-state index contributed by atoms with van der Waals surface area (Å²) >= 11 is 1.32. The van der Waals surface area contributed by atoms with Gasteiger partial charge in [-0.2, -0.15) is 0 Å². The number of hydrogen-bond donors (Lipinski definition) is 0. The van der Waals surface area contributed by atoms with Gasteiger partial charge in [0.15, 0.2) is 18.3 Å². The first-order valence-electron chi connectivity index (χ1n) is 16.2. The van der Waals surface area contributed by atoms with Crippen molar-refractivity contribution in [1.29, 1.82) is 0 Å². The molecule has 0 amide bonds. The standard InChI is InChI=1S/C39H38O10S/c1-3-50-39-34(49-38(43)30-22-14-7-15-23-30)33(46-26(2)35(40)44-24-27-16-8-4-9-17-27)32(48-37(42)29-20-12-6-13-21-29)31(47-39)25-45-36(41)28-18-10-5-11-19-28/h4-23,26,31-34,39H,3,24-25H2,1-2H3/t26-,31?,32?,33?,34?,39?/m0/s1. The van der Waals surface area contributed by atoms with E-state index in [1.165, 1.54) is 18.7 Å². The largest absolute Gasteiger partial charge is 0.459 e. The van der Waals surface area contributed by atoms with Crippen LogP contribution in [0.5, 0.6) is 0 Å². The molecule has 5 rings (SSSR count). The van der Waals surface area contributed by atoms with Crippen LogP contribution in [0.15, 0.2) is 121 Å². The zero-order valence-corrected chi connectivity index (χ0v) is 28.4. The van der Waals surface area contributed by atoms with E-state index >= 15 is 0 Å². The molecule has 0 radical (unpaired) electrons. The SMILES string of the molecule is CCSC1OC(COC(=O)c2ccccc2)C(OC(=O)c2ccccc2)C(O[C@@H](C)C(=O)OCc2ccccc2)C1OC(=O)c1ccccc1. The zero-order chi connectivity index (χ0) is 35.3. The molecule has 0 spiro atoms. The predicted octanol–water partition coefficient (Wildman–Crippen LogP) is 6.29. The number of carbonyl (C=O) groups excluding carboxylic acids is 4. The van der Waals surface area contributed by atoms with Gasteiger partial charge in [0.1, 0.15) is 30.9 Å². The molecular weight excluding hydrogens is 660 g/mol. The van der Waals surface area contributed by atoms with Crippen LogP contribution < -0.4 is 0 Å². The van der Waals surface area contributed by atoms with Crippen LogP contribution in [-0.4, -0.2) is 72.2 Å². The summed E-state index contributed by atoms with van der Waals surface area (Å²) in [6.45, 7) is 3.07. The number of hydrogen-bond acceptors (Lipinski definition) is 11. The minimum absolute atomic E-state index is 0.00632. The highest BCUT2D eigenvalue weighted by Gasteiger charge is 2.52. The second kappa shape index (κ2) is 18.1. The lowest BCUT2D eigenvalue weighted by Crippen LogP contribution is -2.62. The summed E-state index contributed by atoms with van der Waals surface area (Å²) in [6.07, 6.45) is -6.02. The van der Waals surface area contributed by atoms with E-state index in [1.807, 2.05) is 37.3 Å². The van der Waals surface area contributed by atoms with Crippen molar-refractivity contribution >= 4 is 35.6 Å². The Morgan fingerprint density at radius 3 is 1.64 bits per heavy atom. The van der Waals surface area contributed by atoms with E-state index in [9.17, 15) is 19.2 Å². The van der Waals surface area contributed by atoms with Crippen molar-refractivity contribution in [2.75, 3.05) is 12.4 Å². The van der Waals surface area contributed by atoms with E-state index in [0.29, 0.717) is 11.3 Å². The monoisotopic (exact) mass is 698 g/mol. The number of benzene rings is 4. The van der Waals surface area contributed by atoms with Crippen LogP contribution in [0.1, 0.15) is 50.5 Å². The summed E-state index contributed by atoms with van der Waals surface area (Å²) in [5, 5.41) is 0. The lowest BCUT2D eigenvalue weighted by atomic mass is 9.98. The maximum absolute atomic E-state index is 13.6. The lowest BCUT2D eigenvalue weighted by molar-refractivity contribution is -0.232. The van der Waals surface area contributed by atoms with Crippen molar-refractivity contribution < 1.29 is 47.6 Å². The molecule has 260 valence electrons. The zero-order valence-electron chi connectivity index (χ0n) is 27.6. The molecule has 0 aliphatic carbocycles. The molecule has 11 heteroatoms. The van der Waals surface area contributed by atoms with E-state index in [0.717, 1.165) is 5.56 Å². The highest BCUT2D eigenvalue weighted by Crippen LogP contribution is 2.35. The maximum atomic E-state index is 13.6. The number of rotatable bonds is 14. The second-order valence-electron chi connectivity index (χ2n) is 11.3. The quantitative estimate of drug-likeness (QED) is 0.109. The number of thioether (sulfide) groups is 1. The summed E-state index contributed by atoms with van der Waals surface area (Å²) in [5.74, 6) is -2.16. The third-order valence-corrected chi connectivity index (χ3v) is 8.77. The second-order valence-corrected chi connectivity index (χ2v) is 12.6. The first-order chi connectivity index (χ1) is 24.3. The van der Waals surface area contributed by atoms with Gasteiger partial charge in [-0.3, -0.25) is 0 Å². The van der Waals surface area contributed by atoms with Crippen molar-refractivity contribution in [3.8, 4) is 0 Å². The Kier molecular flexibility index (Phi) is 13.2. The first kappa shape index (κ1) is 36.3. The third-order valence-electron chi connectivity index (χ3n) is 7.73. The van der Waals surface area contributed by atoms with Gasteiger partial charge in [-0.15, -0.1) is 11.8 Å². The molecule has 1 fully saturated rings. The molecule has 0 aromatic heterocycles. The Bertz CT molecular complexity index is 1690. The summed E-state index contributed by atoms with van der Waals surface area (Å²) in [4.78, 5) is 53.3. The topological polar surface area (TPSA) is 124 Å². The number of carbonyl (C=O) groups is 4. The van der Waals surface area contributed by atoms with E-state index in [4.69, 9.17) is 28.4 Å². The molecule has 4 aromatic carbocycles. The van der Waals surface area contributed by atoms with Gasteiger partial charge in [0.2, 0.25) is 0 Å². The average molecular weight is 699 g/mol. The summed E-state index contributed by atoms with van der Waals surface area (Å²) in [6, 6.07) is 34.2. The van der Waals surface area contributed by atoms with E-state index < -0.39 is 59.8 Å². The van der Waals surface area contributed by atoms with Gasteiger partial charge in [-0.05, 0) is 54.6 Å². The van der Waals surface area contributed by atoms with Gasteiger partial charge >= 0.3 is 23.9 Å². The van der Waals surface area contributed by atoms with E-state index in [-0.39, 0.29) is 24.3 Å². The molecule has 1 aliphatic rings. The Hall–Kier alpha value is -4.97. The molecule has 4 aromatic rings. The molecule has 10 nitrogen and oxygen atoms in total. The maximum Gasteiger partial charge on any atom is 0.338 e. The molecule has 1 saturated heterocycles. The van der Waals surface area contributed by atoms with E-state index in [1.54, 1.807) is 91.0 Å². The summed E-state index contributed by atoms with van der Waals surface area (Å²) in [5.41, 5.74) is 0.751. The van der Waals surface area contributed by atoms with Crippen LogP contribution >= 0.6 is 11.8 Å². The Morgan fingerprint density at radius 2 is 1.12 bits per heavy atom. The number of ether oxygens (including phenoxy) is 6. The molecule has 0 bridgehead atoms. The van der Waals surface area contributed by atoms with E-state index in [2.05, 4.69) is 0 Å². The first-order valence-corrected chi connectivity index (χ1v) is 17.3. The fraction of sp³-hybridized carbons (Fsp3) is 0.282. The normalized spacial score (nSPS) is 20.6. The van der Waals surface area contributed by atoms with Gasteiger partial charge < -0.3 is 28.4 Å². The minimum atomic E-state index is -1.31. The Morgan fingerprint density at radius 1 is 0.640 bits per heavy atom. The molecular formula is C39H38O10S. The molecule has 6 atom stereocenters. The minimum Gasteiger partial charge on any atom is -0.459 e. The van der Waals surface area contributed by atoms with Gasteiger partial charge in [0, 0.05) is 0 Å². The van der Waals surface area contributed by atoms with Crippen molar-refractivity contribution in [2.45, 2.75) is 56.4 Å². The van der Waals surface area contributed by atoms with Crippen molar-refractivity contribution in [2.24, 2.45) is 0 Å². The van der Waals surface area contributed by atoms with Crippen LogP contribution in [0.25, 0.3) is 0 Å². The molecule has 0 N–H and O–H groups in total. The highest BCUT2D eigenvalue weighted by atomic mass is 32.2. The Labute approximate surface area is 295 Å². The average Bonchev–Trinajstić information content (AvgIpc) is 3.16. The number of esters is 4. The predicted molar refractivity (Wildman–Crippen MR) is 185 cm³/mol. The summed E-state index contributed by atoms with van der Waals surface area (Å²) in [7, 11) is 0. The molecule has 5 unspecified atom stereocenters. The smallest absolute Gasteiger partial charge is 0.338 e. The van der Waals surface area contributed by atoms with Gasteiger partial charge in [-0.1, -0.05) is 91.9 Å². The van der Waals surface area contributed by atoms with Crippen molar-refractivity contribution in [1.82, 2.24) is 0 Å². The molecule has 50 heavy (non-hydrogen) atoms. The fourth-order valence-corrected chi connectivity index (χ4v) is 6.17. The molecule has 1 heterocycles. The molecule has 0 saturated carbocycles. The van der Waals surface area contributed by atoms with Crippen LogP contribution in [0.2, 0.25) is 0 Å². The van der Waals surface area contributed by atoms with Crippen LogP contribution in [-0.2, 0) is 39.8 Å². The Balaban J connectivity index is 1.47. The fourth-order valence-electron chi connectivity index (χ4n) is 5.22. The van der Waals surface area contributed by atoms with Crippen LogP contribution in [0.4, 0.5) is 0 Å². The van der Waals surface area contributed by atoms with Gasteiger partial charge in [0.25, 0.3) is 0 Å². The highest BCUT2D eigenvalue weighted by molar-refractivity contribution is 7.99. The third kappa shape index (κ3) is 9.81. The van der Waals surface area contributed by atoms with Gasteiger partial charge in [0.05, 0.1) is 16.7 Å². The van der Waals surface area contributed by atoms with Crippen molar-refractivity contribution in [3.63, 3.8) is 0 Å². The molecule has 1 aliphatic heterocycles.